The normalized spacial score (nSPS) is 14.5. The molecule has 1 fully saturated rings. The van der Waals surface area contributed by atoms with Crippen molar-refractivity contribution in [3.05, 3.63) is 65.0 Å². The first-order valence-corrected chi connectivity index (χ1v) is 12.0. The van der Waals surface area contributed by atoms with Gasteiger partial charge in [-0.1, -0.05) is 18.2 Å². The van der Waals surface area contributed by atoms with Gasteiger partial charge in [-0.3, -0.25) is 9.69 Å². The number of aromatic nitrogens is 3. The third kappa shape index (κ3) is 4.37. The van der Waals surface area contributed by atoms with E-state index in [0.29, 0.717) is 39.4 Å². The molecule has 0 atom stereocenters. The maximum Gasteiger partial charge on any atom is 0.256 e. The van der Waals surface area contributed by atoms with Crippen LogP contribution < -0.4 is 20.9 Å². The predicted molar refractivity (Wildman–Crippen MR) is 141 cm³/mol. The highest BCUT2D eigenvalue weighted by Crippen LogP contribution is 2.32. The zero-order valence-corrected chi connectivity index (χ0v) is 20.6. The van der Waals surface area contributed by atoms with E-state index in [1.54, 1.807) is 18.2 Å². The molecular weight excluding hydrogens is 459 g/mol. The summed E-state index contributed by atoms with van der Waals surface area (Å²) in [6.07, 6.45) is 1.50. The number of nitrogens with zero attached hydrogens (tertiary/aromatic N) is 4. The summed E-state index contributed by atoms with van der Waals surface area (Å²) in [6, 6.07) is 13.4. The monoisotopic (exact) mass is 488 g/mol. The summed E-state index contributed by atoms with van der Waals surface area (Å²) in [5.74, 6) is -0.256. The number of nitrogens with two attached hydrogens (primary N) is 1. The second kappa shape index (κ2) is 9.58. The van der Waals surface area contributed by atoms with E-state index in [1.165, 1.54) is 13.3 Å². The topological polar surface area (TPSA) is 100 Å². The van der Waals surface area contributed by atoms with E-state index in [9.17, 15) is 9.18 Å². The largest absolute Gasteiger partial charge is 0.495 e. The molecular formula is C27H29FN6O2. The lowest BCUT2D eigenvalue weighted by atomic mass is 10.0. The summed E-state index contributed by atoms with van der Waals surface area (Å²) >= 11 is 0. The summed E-state index contributed by atoms with van der Waals surface area (Å²) in [6.45, 7) is 8.37. The van der Waals surface area contributed by atoms with Gasteiger partial charge in [-0.2, -0.15) is 9.37 Å². The fraction of sp³-hybridized carbons (Fsp3) is 0.296. The van der Waals surface area contributed by atoms with E-state index in [4.69, 9.17) is 10.5 Å². The van der Waals surface area contributed by atoms with Gasteiger partial charge in [-0.05, 0) is 38.1 Å². The van der Waals surface area contributed by atoms with Gasteiger partial charge in [0.05, 0.1) is 12.5 Å². The molecule has 0 aliphatic carbocycles. The molecule has 2 aromatic carbocycles. The molecule has 3 heterocycles. The van der Waals surface area contributed by atoms with Crippen LogP contribution in [0.5, 0.6) is 5.75 Å². The van der Waals surface area contributed by atoms with Gasteiger partial charge < -0.3 is 20.4 Å². The molecule has 8 nitrogen and oxygen atoms in total. The summed E-state index contributed by atoms with van der Waals surface area (Å²) < 4.78 is 20.3. The number of fused-ring (bicyclic) bond motifs is 1. The van der Waals surface area contributed by atoms with Crippen LogP contribution in [-0.4, -0.2) is 59.2 Å². The number of piperazine rings is 1. The number of aromatic amines is 1. The summed E-state index contributed by atoms with van der Waals surface area (Å²) in [4.78, 5) is 28.2. The lowest BCUT2D eigenvalue weighted by Crippen LogP contribution is -2.48. The van der Waals surface area contributed by atoms with Crippen LogP contribution in [0.1, 0.15) is 13.8 Å². The Kier molecular flexibility index (Phi) is 6.32. The van der Waals surface area contributed by atoms with Crippen molar-refractivity contribution in [3.63, 3.8) is 0 Å². The molecule has 0 spiro atoms. The van der Waals surface area contributed by atoms with E-state index in [0.717, 1.165) is 31.9 Å². The Balaban J connectivity index is 1.47. The minimum atomic E-state index is -0.732. The van der Waals surface area contributed by atoms with E-state index < -0.39 is 5.95 Å². The van der Waals surface area contributed by atoms with Crippen LogP contribution >= 0.6 is 0 Å². The molecule has 5 rings (SSSR count). The van der Waals surface area contributed by atoms with Gasteiger partial charge in [0.15, 0.2) is 5.82 Å². The van der Waals surface area contributed by atoms with Gasteiger partial charge in [-0.25, -0.2) is 4.98 Å². The molecule has 2 aromatic heterocycles. The maximum atomic E-state index is 14.9. The Morgan fingerprint density at radius 2 is 1.67 bits per heavy atom. The fourth-order valence-corrected chi connectivity index (χ4v) is 4.70. The number of H-pyrrole nitrogens is 1. The minimum absolute atomic E-state index is 0.0287. The van der Waals surface area contributed by atoms with Crippen molar-refractivity contribution in [1.82, 2.24) is 19.9 Å². The van der Waals surface area contributed by atoms with Crippen LogP contribution in [0, 0.1) is 5.95 Å². The van der Waals surface area contributed by atoms with Gasteiger partial charge >= 0.3 is 0 Å². The molecule has 36 heavy (non-hydrogen) atoms. The fourth-order valence-electron chi connectivity index (χ4n) is 4.70. The molecule has 0 unspecified atom stereocenters. The zero-order valence-electron chi connectivity index (χ0n) is 20.6. The van der Waals surface area contributed by atoms with E-state index in [2.05, 4.69) is 38.6 Å². The Bertz CT molecular complexity index is 1460. The third-order valence-electron chi connectivity index (χ3n) is 6.79. The van der Waals surface area contributed by atoms with Crippen LogP contribution in [0.3, 0.4) is 0 Å². The van der Waals surface area contributed by atoms with Gasteiger partial charge in [0.25, 0.3) is 5.56 Å². The number of hydrogen-bond donors (Lipinski definition) is 2. The van der Waals surface area contributed by atoms with Crippen LogP contribution in [-0.2, 0) is 0 Å². The highest BCUT2D eigenvalue weighted by Gasteiger charge is 2.20. The van der Waals surface area contributed by atoms with Gasteiger partial charge in [0.2, 0.25) is 5.95 Å². The van der Waals surface area contributed by atoms with Gasteiger partial charge in [-0.15, -0.1) is 0 Å². The van der Waals surface area contributed by atoms with Crippen molar-refractivity contribution in [2.75, 3.05) is 43.9 Å². The number of pyridine rings is 1. The molecule has 4 aromatic rings. The average Bonchev–Trinajstić information content (AvgIpc) is 2.89. The highest BCUT2D eigenvalue weighted by molar-refractivity contribution is 5.92. The third-order valence-corrected chi connectivity index (χ3v) is 6.79. The zero-order chi connectivity index (χ0) is 25.4. The number of nitrogens with one attached hydrogen (secondary N) is 1. The molecule has 186 valence electrons. The SMILES string of the molecule is COc1c[nH]c(=O)c2ccc(-c3nc(-c4ccc(N5CCN(C(C)C)CC5)cc4)c(F)nc3N)cc12. The lowest BCUT2D eigenvalue weighted by molar-refractivity contribution is 0.209. The molecule has 0 bridgehead atoms. The Morgan fingerprint density at radius 1 is 0.972 bits per heavy atom. The summed E-state index contributed by atoms with van der Waals surface area (Å²) in [5, 5.41) is 1.07. The number of rotatable bonds is 5. The number of anilines is 2. The van der Waals surface area contributed by atoms with Crippen molar-refractivity contribution in [2.24, 2.45) is 0 Å². The van der Waals surface area contributed by atoms with Crippen molar-refractivity contribution < 1.29 is 9.13 Å². The van der Waals surface area contributed by atoms with Crippen molar-refractivity contribution >= 4 is 22.3 Å². The molecule has 3 N–H and O–H groups in total. The first-order valence-electron chi connectivity index (χ1n) is 12.0. The number of halogens is 1. The second-order valence-electron chi connectivity index (χ2n) is 9.21. The molecule has 0 amide bonds. The quantitative estimate of drug-likeness (QED) is 0.439. The Morgan fingerprint density at radius 3 is 2.33 bits per heavy atom. The molecule has 1 aliphatic heterocycles. The average molecular weight is 489 g/mol. The smallest absolute Gasteiger partial charge is 0.256 e. The standard InChI is InChI=1S/C27H29FN6O2/c1-16(2)33-10-12-34(13-11-33)19-7-4-17(5-8-19)23-25(28)32-26(29)24(31-23)18-6-9-20-21(14-18)22(36-3)15-30-27(20)35/h4-9,14-16H,10-13H2,1-3H3,(H2,29,32)(H,30,35). The number of methoxy groups -OCH3 is 1. The molecule has 0 saturated carbocycles. The van der Waals surface area contributed by atoms with Gasteiger partial charge in [0, 0.05) is 60.6 Å². The molecule has 1 saturated heterocycles. The first-order chi connectivity index (χ1) is 17.4. The van der Waals surface area contributed by atoms with E-state index >= 15 is 0 Å². The number of ether oxygens (including phenoxy) is 1. The first kappa shape index (κ1) is 23.7. The Hall–Kier alpha value is -3.98. The molecule has 0 radical (unpaired) electrons. The van der Waals surface area contributed by atoms with Crippen LogP contribution in [0.2, 0.25) is 0 Å². The predicted octanol–water partition coefficient (Wildman–Crippen LogP) is 3.91. The summed E-state index contributed by atoms with van der Waals surface area (Å²) in [7, 11) is 1.53. The second-order valence-corrected chi connectivity index (χ2v) is 9.21. The van der Waals surface area contributed by atoms with Crippen molar-refractivity contribution in [1.29, 1.82) is 0 Å². The van der Waals surface area contributed by atoms with Crippen LogP contribution in [0.4, 0.5) is 15.9 Å². The molecule has 1 aliphatic rings. The number of benzene rings is 2. The number of hydrogen-bond acceptors (Lipinski definition) is 7. The van der Waals surface area contributed by atoms with Crippen LogP contribution in [0.25, 0.3) is 33.3 Å². The van der Waals surface area contributed by atoms with Crippen LogP contribution in [0.15, 0.2) is 53.5 Å². The maximum absolute atomic E-state index is 14.9. The highest BCUT2D eigenvalue weighted by atomic mass is 19.1. The van der Waals surface area contributed by atoms with E-state index in [-0.39, 0.29) is 17.1 Å². The number of nitrogen functional groups attached to an aromatic ring is 1. The van der Waals surface area contributed by atoms with Crippen molar-refractivity contribution in [2.45, 2.75) is 19.9 Å². The Labute approximate surface area is 208 Å². The minimum Gasteiger partial charge on any atom is -0.495 e. The van der Waals surface area contributed by atoms with Gasteiger partial charge in [0.1, 0.15) is 17.1 Å². The van der Waals surface area contributed by atoms with E-state index in [1.807, 2.05) is 24.3 Å². The summed E-state index contributed by atoms with van der Waals surface area (Å²) in [5.41, 5.74) is 8.61. The van der Waals surface area contributed by atoms with Crippen molar-refractivity contribution in [3.8, 4) is 28.3 Å². The molecule has 9 heteroatoms. The lowest BCUT2D eigenvalue weighted by Gasteiger charge is -2.38.